The minimum Gasteiger partial charge on any atom is -0.353 e. The van der Waals surface area contributed by atoms with Crippen molar-refractivity contribution in [1.29, 1.82) is 0 Å². The molecule has 1 aliphatic heterocycles. The van der Waals surface area contributed by atoms with Crippen LogP contribution in [0.15, 0.2) is 9.47 Å². The molecule has 0 radical (unpaired) electrons. The van der Waals surface area contributed by atoms with Gasteiger partial charge in [0.05, 0.1) is 3.39 Å². The molecule has 1 aliphatic rings. The number of hydrogen-bond acceptors (Lipinski definition) is 2. The number of hydrogen-bond donors (Lipinski definition) is 0. The smallest absolute Gasteiger partial charge is 0.157 e. The van der Waals surface area contributed by atoms with Crippen molar-refractivity contribution in [3.63, 3.8) is 0 Å². The standard InChI is InChI=1S/C15H26Br2O2/c1-15(2,10-8-13(16)17)9-4-6-12-19-14-7-3-5-11-18-14/h8,14H,3-7,9-12H2,1-2H3. The van der Waals surface area contributed by atoms with Crippen LogP contribution in [-0.4, -0.2) is 19.5 Å². The number of unbranched alkanes of at least 4 members (excludes halogenated alkanes) is 1. The van der Waals surface area contributed by atoms with Gasteiger partial charge in [-0.3, -0.25) is 0 Å². The second-order valence-electron chi connectivity index (χ2n) is 5.99. The average molecular weight is 398 g/mol. The molecule has 1 saturated heterocycles. The van der Waals surface area contributed by atoms with Gasteiger partial charge in [0, 0.05) is 13.2 Å². The molecular formula is C15H26Br2O2. The Morgan fingerprint density at radius 2 is 2.11 bits per heavy atom. The fourth-order valence-electron chi connectivity index (χ4n) is 2.22. The summed E-state index contributed by atoms with van der Waals surface area (Å²) in [4.78, 5) is 0. The fraction of sp³-hybridized carbons (Fsp3) is 0.867. The summed E-state index contributed by atoms with van der Waals surface area (Å²) in [6.07, 6.45) is 10.4. The molecular weight excluding hydrogens is 372 g/mol. The van der Waals surface area contributed by atoms with E-state index < -0.39 is 0 Å². The molecule has 0 bridgehead atoms. The Morgan fingerprint density at radius 3 is 2.74 bits per heavy atom. The van der Waals surface area contributed by atoms with Crippen molar-refractivity contribution in [3.8, 4) is 0 Å². The molecule has 112 valence electrons. The highest BCUT2D eigenvalue weighted by molar-refractivity contribution is 9.28. The molecule has 0 aliphatic carbocycles. The molecule has 0 N–H and O–H groups in total. The SMILES string of the molecule is CC(C)(CC=C(Br)Br)CCCCOC1CCCCO1. The van der Waals surface area contributed by atoms with Crippen molar-refractivity contribution in [3.05, 3.63) is 9.47 Å². The summed E-state index contributed by atoms with van der Waals surface area (Å²) < 4.78 is 12.3. The van der Waals surface area contributed by atoms with E-state index in [1.54, 1.807) is 0 Å². The molecule has 2 nitrogen and oxygen atoms in total. The van der Waals surface area contributed by atoms with Crippen LogP contribution < -0.4 is 0 Å². The highest BCUT2D eigenvalue weighted by Crippen LogP contribution is 2.30. The Labute approximate surface area is 134 Å². The van der Waals surface area contributed by atoms with Crippen LogP contribution in [0.2, 0.25) is 0 Å². The molecule has 1 unspecified atom stereocenters. The van der Waals surface area contributed by atoms with E-state index in [0.29, 0.717) is 5.41 Å². The quantitative estimate of drug-likeness (QED) is 0.485. The summed E-state index contributed by atoms with van der Waals surface area (Å²) in [6.45, 7) is 6.33. The number of halogens is 2. The predicted molar refractivity (Wildman–Crippen MR) is 87.7 cm³/mol. The lowest BCUT2D eigenvalue weighted by Gasteiger charge is -2.24. The van der Waals surface area contributed by atoms with E-state index in [4.69, 9.17) is 9.47 Å². The first-order valence-electron chi connectivity index (χ1n) is 7.24. The van der Waals surface area contributed by atoms with Gasteiger partial charge in [-0.2, -0.15) is 0 Å². The lowest BCUT2D eigenvalue weighted by molar-refractivity contribution is -0.162. The van der Waals surface area contributed by atoms with Crippen LogP contribution in [-0.2, 0) is 9.47 Å². The van der Waals surface area contributed by atoms with E-state index in [-0.39, 0.29) is 6.29 Å². The number of rotatable bonds is 8. The largest absolute Gasteiger partial charge is 0.353 e. The minimum atomic E-state index is 0.0639. The van der Waals surface area contributed by atoms with Gasteiger partial charge >= 0.3 is 0 Å². The van der Waals surface area contributed by atoms with E-state index in [1.807, 2.05) is 0 Å². The lowest BCUT2D eigenvalue weighted by Crippen LogP contribution is -2.22. The third-order valence-corrected chi connectivity index (χ3v) is 4.15. The van der Waals surface area contributed by atoms with Crippen LogP contribution in [0.25, 0.3) is 0 Å². The molecule has 0 saturated carbocycles. The Bertz CT molecular complexity index is 267. The van der Waals surface area contributed by atoms with Gasteiger partial charge in [-0.25, -0.2) is 0 Å². The summed E-state index contributed by atoms with van der Waals surface area (Å²) in [6, 6.07) is 0. The first kappa shape index (κ1) is 17.7. The maximum absolute atomic E-state index is 5.75. The summed E-state index contributed by atoms with van der Waals surface area (Å²) in [5.41, 5.74) is 0.355. The highest BCUT2D eigenvalue weighted by atomic mass is 79.9. The van der Waals surface area contributed by atoms with Crippen LogP contribution in [0.5, 0.6) is 0 Å². The Hall–Kier alpha value is 0.620. The summed E-state index contributed by atoms with van der Waals surface area (Å²) in [5.74, 6) is 0. The Kier molecular flexibility index (Phi) is 8.87. The lowest BCUT2D eigenvalue weighted by atomic mass is 9.84. The molecule has 0 aromatic rings. The molecule has 1 rings (SSSR count). The van der Waals surface area contributed by atoms with Crippen molar-refractivity contribution in [2.24, 2.45) is 5.41 Å². The van der Waals surface area contributed by atoms with Gasteiger partial charge < -0.3 is 9.47 Å². The van der Waals surface area contributed by atoms with Crippen molar-refractivity contribution in [1.82, 2.24) is 0 Å². The zero-order chi connectivity index (χ0) is 14.1. The molecule has 0 spiro atoms. The first-order chi connectivity index (χ1) is 8.99. The van der Waals surface area contributed by atoms with Gasteiger partial charge in [0.1, 0.15) is 0 Å². The summed E-state index contributed by atoms with van der Waals surface area (Å²) in [7, 11) is 0. The second-order valence-corrected chi connectivity index (χ2v) is 8.76. The van der Waals surface area contributed by atoms with Crippen LogP contribution in [0, 0.1) is 5.41 Å². The second kappa shape index (κ2) is 9.54. The molecule has 1 heterocycles. The van der Waals surface area contributed by atoms with Gasteiger partial charge in [-0.15, -0.1) is 0 Å². The number of ether oxygens (including phenoxy) is 2. The number of allylic oxidation sites excluding steroid dienone is 1. The zero-order valence-corrected chi connectivity index (χ0v) is 15.3. The topological polar surface area (TPSA) is 18.5 Å². The first-order valence-corrected chi connectivity index (χ1v) is 8.82. The van der Waals surface area contributed by atoms with Gasteiger partial charge in [0.2, 0.25) is 0 Å². The minimum absolute atomic E-state index is 0.0639. The van der Waals surface area contributed by atoms with E-state index in [9.17, 15) is 0 Å². The average Bonchev–Trinajstić information content (AvgIpc) is 2.37. The normalized spacial score (nSPS) is 20.3. The van der Waals surface area contributed by atoms with Crippen molar-refractivity contribution >= 4 is 31.9 Å². The molecule has 1 atom stereocenters. The third-order valence-electron chi connectivity index (χ3n) is 3.50. The molecule has 0 aromatic carbocycles. The monoisotopic (exact) mass is 396 g/mol. The Morgan fingerprint density at radius 1 is 1.32 bits per heavy atom. The highest BCUT2D eigenvalue weighted by Gasteiger charge is 2.17. The van der Waals surface area contributed by atoms with Gasteiger partial charge in [0.15, 0.2) is 6.29 Å². The molecule has 4 heteroatoms. The molecule has 0 amide bonds. The van der Waals surface area contributed by atoms with Crippen LogP contribution in [0.4, 0.5) is 0 Å². The maximum atomic E-state index is 5.75. The van der Waals surface area contributed by atoms with E-state index >= 15 is 0 Å². The maximum Gasteiger partial charge on any atom is 0.157 e. The summed E-state index contributed by atoms with van der Waals surface area (Å²) >= 11 is 6.82. The van der Waals surface area contributed by atoms with E-state index in [2.05, 4.69) is 51.8 Å². The van der Waals surface area contributed by atoms with E-state index in [0.717, 1.165) is 35.9 Å². The van der Waals surface area contributed by atoms with Crippen LogP contribution >= 0.6 is 31.9 Å². The van der Waals surface area contributed by atoms with Crippen molar-refractivity contribution in [2.45, 2.75) is 65.1 Å². The van der Waals surface area contributed by atoms with Gasteiger partial charge in [0.25, 0.3) is 0 Å². The predicted octanol–water partition coefficient (Wildman–Crippen LogP) is 5.75. The third kappa shape index (κ3) is 9.22. The summed E-state index contributed by atoms with van der Waals surface area (Å²) in [5, 5.41) is 0. The zero-order valence-electron chi connectivity index (χ0n) is 12.1. The van der Waals surface area contributed by atoms with Crippen molar-refractivity contribution in [2.75, 3.05) is 13.2 Å². The van der Waals surface area contributed by atoms with Crippen LogP contribution in [0.1, 0.15) is 58.8 Å². The molecule has 1 fully saturated rings. The fourth-order valence-corrected chi connectivity index (χ4v) is 2.54. The van der Waals surface area contributed by atoms with E-state index in [1.165, 1.54) is 25.7 Å². The molecule has 0 aromatic heterocycles. The molecule has 19 heavy (non-hydrogen) atoms. The van der Waals surface area contributed by atoms with Gasteiger partial charge in [-0.1, -0.05) is 26.3 Å². The van der Waals surface area contributed by atoms with Gasteiger partial charge in [-0.05, 0) is 75.8 Å². The van der Waals surface area contributed by atoms with Crippen LogP contribution in [0.3, 0.4) is 0 Å². The Balaban J connectivity index is 2.04. The van der Waals surface area contributed by atoms with Crippen molar-refractivity contribution < 1.29 is 9.47 Å².